The highest BCUT2D eigenvalue weighted by Gasteiger charge is 2.07. The predicted molar refractivity (Wildman–Crippen MR) is 56.4 cm³/mol. The Kier molecular flexibility index (Phi) is 3.07. The van der Waals surface area contributed by atoms with E-state index in [1.54, 1.807) is 0 Å². The maximum atomic E-state index is 5.68. The summed E-state index contributed by atoms with van der Waals surface area (Å²) < 4.78 is 0. The zero-order chi connectivity index (χ0) is 10.0. The predicted octanol–water partition coefficient (Wildman–Crippen LogP) is 1.53. The van der Waals surface area contributed by atoms with Gasteiger partial charge in [-0.15, -0.1) is 0 Å². The van der Waals surface area contributed by atoms with E-state index in [0.717, 1.165) is 0 Å². The minimum absolute atomic E-state index is 0.602. The minimum Gasteiger partial charge on any atom is -0.326 e. The van der Waals surface area contributed by atoms with Gasteiger partial charge in [0, 0.05) is 13.1 Å². The van der Waals surface area contributed by atoms with Crippen molar-refractivity contribution in [3.8, 4) is 0 Å². The normalized spacial score (nSPS) is 10.5. The first-order valence-electron chi connectivity index (χ1n) is 4.60. The molecule has 0 heterocycles. The van der Waals surface area contributed by atoms with E-state index in [9.17, 15) is 0 Å². The standard InChI is InChI=1S/C11H18N2/c1-7-4-8(2)11(6-13)9(3)10(7)5-12/h4H,5-6,12-13H2,1-3H3. The van der Waals surface area contributed by atoms with Crippen LogP contribution in [0.4, 0.5) is 0 Å². The van der Waals surface area contributed by atoms with E-state index in [1.807, 2.05) is 0 Å². The van der Waals surface area contributed by atoms with Gasteiger partial charge in [-0.3, -0.25) is 0 Å². The highest BCUT2D eigenvalue weighted by Crippen LogP contribution is 2.21. The summed E-state index contributed by atoms with van der Waals surface area (Å²) in [5.74, 6) is 0. The van der Waals surface area contributed by atoms with Gasteiger partial charge in [-0.1, -0.05) is 6.07 Å². The maximum absolute atomic E-state index is 5.68. The van der Waals surface area contributed by atoms with Gasteiger partial charge in [0.05, 0.1) is 0 Å². The van der Waals surface area contributed by atoms with Crippen molar-refractivity contribution in [3.05, 3.63) is 33.9 Å². The zero-order valence-corrected chi connectivity index (χ0v) is 8.65. The molecule has 0 saturated carbocycles. The molecule has 0 aliphatic rings. The van der Waals surface area contributed by atoms with Gasteiger partial charge in [-0.2, -0.15) is 0 Å². The van der Waals surface area contributed by atoms with E-state index in [2.05, 4.69) is 26.8 Å². The van der Waals surface area contributed by atoms with Crippen molar-refractivity contribution >= 4 is 0 Å². The Morgan fingerprint density at radius 1 is 0.923 bits per heavy atom. The molecule has 13 heavy (non-hydrogen) atoms. The maximum Gasteiger partial charge on any atom is 0.0183 e. The van der Waals surface area contributed by atoms with Crippen molar-refractivity contribution in [2.24, 2.45) is 11.5 Å². The monoisotopic (exact) mass is 178 g/mol. The molecule has 0 aliphatic heterocycles. The van der Waals surface area contributed by atoms with Crippen LogP contribution in [0.1, 0.15) is 27.8 Å². The molecule has 72 valence electrons. The molecule has 0 radical (unpaired) electrons. The first kappa shape index (κ1) is 10.2. The smallest absolute Gasteiger partial charge is 0.0183 e. The summed E-state index contributed by atoms with van der Waals surface area (Å²) in [6.45, 7) is 7.51. The number of nitrogens with two attached hydrogens (primary N) is 2. The van der Waals surface area contributed by atoms with Gasteiger partial charge >= 0.3 is 0 Å². The number of hydrogen-bond donors (Lipinski definition) is 2. The zero-order valence-electron chi connectivity index (χ0n) is 8.65. The molecule has 4 N–H and O–H groups in total. The summed E-state index contributed by atoms with van der Waals surface area (Å²) in [7, 11) is 0. The van der Waals surface area contributed by atoms with E-state index >= 15 is 0 Å². The molecular weight excluding hydrogens is 160 g/mol. The van der Waals surface area contributed by atoms with Crippen molar-refractivity contribution in [3.63, 3.8) is 0 Å². The molecule has 1 aromatic rings. The van der Waals surface area contributed by atoms with Gasteiger partial charge in [0.15, 0.2) is 0 Å². The lowest BCUT2D eigenvalue weighted by Gasteiger charge is -2.14. The largest absolute Gasteiger partial charge is 0.326 e. The lowest BCUT2D eigenvalue weighted by molar-refractivity contribution is 0.966. The fraction of sp³-hybridized carbons (Fsp3) is 0.455. The molecule has 1 aromatic carbocycles. The van der Waals surface area contributed by atoms with Crippen LogP contribution in [-0.4, -0.2) is 0 Å². The van der Waals surface area contributed by atoms with Crippen LogP contribution in [0, 0.1) is 20.8 Å². The second-order valence-corrected chi connectivity index (χ2v) is 3.50. The molecule has 0 aromatic heterocycles. The molecule has 0 atom stereocenters. The van der Waals surface area contributed by atoms with Crippen LogP contribution in [0.3, 0.4) is 0 Å². The van der Waals surface area contributed by atoms with Gasteiger partial charge in [0.2, 0.25) is 0 Å². The molecule has 0 unspecified atom stereocenters. The number of rotatable bonds is 2. The van der Waals surface area contributed by atoms with Crippen molar-refractivity contribution in [1.29, 1.82) is 0 Å². The Morgan fingerprint density at radius 3 is 1.62 bits per heavy atom. The van der Waals surface area contributed by atoms with Gasteiger partial charge in [0.1, 0.15) is 0 Å². The van der Waals surface area contributed by atoms with Gasteiger partial charge in [-0.25, -0.2) is 0 Å². The Hall–Kier alpha value is -0.860. The van der Waals surface area contributed by atoms with Gasteiger partial charge < -0.3 is 11.5 Å². The fourth-order valence-electron chi connectivity index (χ4n) is 1.90. The van der Waals surface area contributed by atoms with Crippen LogP contribution in [0.25, 0.3) is 0 Å². The molecule has 2 nitrogen and oxygen atoms in total. The van der Waals surface area contributed by atoms with Crippen LogP contribution in [0.15, 0.2) is 6.07 Å². The molecular formula is C11H18N2. The minimum atomic E-state index is 0.602. The van der Waals surface area contributed by atoms with Crippen LogP contribution >= 0.6 is 0 Å². The van der Waals surface area contributed by atoms with E-state index < -0.39 is 0 Å². The molecule has 2 heteroatoms. The lowest BCUT2D eigenvalue weighted by atomic mass is 9.93. The second-order valence-electron chi connectivity index (χ2n) is 3.50. The SMILES string of the molecule is Cc1cc(C)c(CN)c(C)c1CN. The number of benzene rings is 1. The molecule has 0 spiro atoms. The number of hydrogen-bond acceptors (Lipinski definition) is 2. The van der Waals surface area contributed by atoms with Crippen molar-refractivity contribution < 1.29 is 0 Å². The Bertz CT molecular complexity index is 288. The van der Waals surface area contributed by atoms with Crippen LogP contribution in [-0.2, 0) is 13.1 Å². The van der Waals surface area contributed by atoms with Gasteiger partial charge in [0.25, 0.3) is 0 Å². The van der Waals surface area contributed by atoms with Crippen LogP contribution < -0.4 is 11.5 Å². The van der Waals surface area contributed by atoms with Crippen molar-refractivity contribution in [2.45, 2.75) is 33.9 Å². The van der Waals surface area contributed by atoms with Crippen LogP contribution in [0.2, 0.25) is 0 Å². The average Bonchev–Trinajstić information content (AvgIpc) is 2.04. The van der Waals surface area contributed by atoms with E-state index in [-0.39, 0.29) is 0 Å². The summed E-state index contributed by atoms with van der Waals surface area (Å²) >= 11 is 0. The Morgan fingerprint density at radius 2 is 1.31 bits per heavy atom. The lowest BCUT2D eigenvalue weighted by Crippen LogP contribution is -2.09. The summed E-state index contributed by atoms with van der Waals surface area (Å²) in [5, 5.41) is 0. The van der Waals surface area contributed by atoms with E-state index in [0.29, 0.717) is 13.1 Å². The van der Waals surface area contributed by atoms with Crippen molar-refractivity contribution in [2.75, 3.05) is 0 Å². The first-order chi connectivity index (χ1) is 6.11. The average molecular weight is 178 g/mol. The summed E-state index contributed by atoms with van der Waals surface area (Å²) in [5.41, 5.74) is 17.7. The molecule has 0 amide bonds. The molecule has 0 fully saturated rings. The quantitative estimate of drug-likeness (QED) is 0.721. The van der Waals surface area contributed by atoms with E-state index in [1.165, 1.54) is 27.8 Å². The number of aryl methyl sites for hydroxylation is 2. The second kappa shape index (κ2) is 3.90. The van der Waals surface area contributed by atoms with Crippen LogP contribution in [0.5, 0.6) is 0 Å². The molecule has 0 bridgehead atoms. The van der Waals surface area contributed by atoms with Crippen molar-refractivity contribution in [1.82, 2.24) is 0 Å². The van der Waals surface area contributed by atoms with Gasteiger partial charge in [-0.05, 0) is 48.6 Å². The molecule has 1 rings (SSSR count). The summed E-state index contributed by atoms with van der Waals surface area (Å²) in [4.78, 5) is 0. The highest BCUT2D eigenvalue weighted by atomic mass is 14.5. The Labute approximate surface area is 79.9 Å². The topological polar surface area (TPSA) is 52.0 Å². The summed E-state index contributed by atoms with van der Waals surface area (Å²) in [6.07, 6.45) is 0. The first-order valence-corrected chi connectivity index (χ1v) is 4.60. The highest BCUT2D eigenvalue weighted by molar-refractivity contribution is 5.44. The molecule has 0 saturated heterocycles. The fourth-order valence-corrected chi connectivity index (χ4v) is 1.90. The Balaban J connectivity index is 3.39. The third-order valence-electron chi connectivity index (χ3n) is 2.70. The van der Waals surface area contributed by atoms with E-state index in [4.69, 9.17) is 11.5 Å². The third kappa shape index (κ3) is 1.74. The third-order valence-corrected chi connectivity index (χ3v) is 2.70. The summed E-state index contributed by atoms with van der Waals surface area (Å²) in [6, 6.07) is 2.16. The molecule has 0 aliphatic carbocycles.